The van der Waals surface area contributed by atoms with Crippen molar-refractivity contribution in [1.82, 2.24) is 14.9 Å². The lowest BCUT2D eigenvalue weighted by Gasteiger charge is -2.28. The van der Waals surface area contributed by atoms with Gasteiger partial charge in [-0.25, -0.2) is 0 Å². The van der Waals surface area contributed by atoms with E-state index >= 15 is 0 Å². The minimum atomic E-state index is -0.00360. The summed E-state index contributed by atoms with van der Waals surface area (Å²) in [5.41, 5.74) is 8.54. The fraction of sp³-hybridized carbons (Fsp3) is 0.333. The van der Waals surface area contributed by atoms with Crippen molar-refractivity contribution >= 4 is 23.0 Å². The fourth-order valence-electron chi connectivity index (χ4n) is 4.44. The van der Waals surface area contributed by atoms with E-state index in [0.717, 1.165) is 23.0 Å². The van der Waals surface area contributed by atoms with E-state index in [0.29, 0.717) is 0 Å². The third-order valence-corrected chi connectivity index (χ3v) is 6.43. The van der Waals surface area contributed by atoms with Gasteiger partial charge in [-0.3, -0.25) is 4.98 Å². The molecule has 1 aliphatic heterocycles. The van der Waals surface area contributed by atoms with Gasteiger partial charge < -0.3 is 14.8 Å². The summed E-state index contributed by atoms with van der Waals surface area (Å²) >= 11 is 5.84. The zero-order valence-corrected chi connectivity index (χ0v) is 18.5. The average Bonchev–Trinajstić information content (AvgIpc) is 3.20. The molecular weight excluding hydrogens is 376 g/mol. The highest BCUT2D eigenvalue weighted by Gasteiger charge is 2.42. The van der Waals surface area contributed by atoms with Crippen LogP contribution in [0.15, 0.2) is 48.7 Å². The minimum absolute atomic E-state index is 0.00360. The van der Waals surface area contributed by atoms with Crippen LogP contribution in [0.1, 0.15) is 52.8 Å². The van der Waals surface area contributed by atoms with E-state index in [-0.39, 0.29) is 12.1 Å². The van der Waals surface area contributed by atoms with E-state index in [1.807, 2.05) is 18.3 Å². The van der Waals surface area contributed by atoms with E-state index in [2.05, 4.69) is 84.7 Å². The fourth-order valence-corrected chi connectivity index (χ4v) is 4.78. The smallest absolute Gasteiger partial charge is 0.174 e. The van der Waals surface area contributed by atoms with Crippen molar-refractivity contribution in [3.05, 3.63) is 82.4 Å². The Morgan fingerprint density at radius 1 is 1.03 bits per heavy atom. The van der Waals surface area contributed by atoms with E-state index in [1.54, 1.807) is 0 Å². The summed E-state index contributed by atoms with van der Waals surface area (Å²) in [7, 11) is 0. The van der Waals surface area contributed by atoms with Gasteiger partial charge in [0.25, 0.3) is 0 Å². The summed E-state index contributed by atoms with van der Waals surface area (Å²) in [6, 6.07) is 15.0. The molecule has 0 aliphatic carbocycles. The Bertz CT molecular complexity index is 1050. The van der Waals surface area contributed by atoms with Crippen LogP contribution in [0.2, 0.25) is 0 Å². The molecule has 0 amide bonds. The van der Waals surface area contributed by atoms with Crippen LogP contribution in [-0.4, -0.2) is 14.7 Å². The molecule has 1 fully saturated rings. The minimum Gasteiger partial charge on any atom is -0.351 e. The molecule has 0 bridgehead atoms. The van der Waals surface area contributed by atoms with Crippen molar-refractivity contribution in [2.75, 3.05) is 4.90 Å². The lowest BCUT2D eigenvalue weighted by atomic mass is 9.96. The van der Waals surface area contributed by atoms with Crippen molar-refractivity contribution in [2.45, 2.75) is 53.2 Å². The van der Waals surface area contributed by atoms with Crippen molar-refractivity contribution in [1.29, 1.82) is 0 Å². The number of hydrogen-bond acceptors (Lipinski definition) is 2. The Balaban J connectivity index is 1.89. The van der Waals surface area contributed by atoms with Crippen molar-refractivity contribution in [3.63, 3.8) is 0 Å². The van der Waals surface area contributed by atoms with Crippen LogP contribution in [0.25, 0.3) is 0 Å². The van der Waals surface area contributed by atoms with Gasteiger partial charge in [0.05, 0.1) is 17.8 Å². The Kier molecular flexibility index (Phi) is 5.17. The molecule has 29 heavy (non-hydrogen) atoms. The maximum Gasteiger partial charge on any atom is 0.174 e. The summed E-state index contributed by atoms with van der Waals surface area (Å²) in [5, 5.41) is 4.31. The van der Waals surface area contributed by atoms with E-state index in [9.17, 15) is 0 Å². The maximum atomic E-state index is 5.84. The summed E-state index contributed by atoms with van der Waals surface area (Å²) in [5.74, 6) is 0. The molecule has 0 saturated carbocycles. The molecule has 5 heteroatoms. The topological polar surface area (TPSA) is 33.1 Å². The highest BCUT2D eigenvalue weighted by atomic mass is 32.1. The molecule has 0 spiro atoms. The average molecular weight is 405 g/mol. The monoisotopic (exact) mass is 404 g/mol. The summed E-state index contributed by atoms with van der Waals surface area (Å²) in [6.07, 6.45) is 1.85. The van der Waals surface area contributed by atoms with Gasteiger partial charge in [-0.15, -0.1) is 0 Å². The summed E-state index contributed by atoms with van der Waals surface area (Å²) in [4.78, 5) is 6.92. The molecule has 0 unspecified atom stereocenters. The predicted molar refractivity (Wildman–Crippen MR) is 123 cm³/mol. The largest absolute Gasteiger partial charge is 0.351 e. The number of benzene rings is 1. The van der Waals surface area contributed by atoms with Crippen molar-refractivity contribution < 1.29 is 0 Å². The van der Waals surface area contributed by atoms with Crippen LogP contribution in [-0.2, 0) is 6.54 Å². The molecule has 2 atom stereocenters. The van der Waals surface area contributed by atoms with Gasteiger partial charge in [0.15, 0.2) is 5.11 Å². The van der Waals surface area contributed by atoms with Gasteiger partial charge >= 0.3 is 0 Å². The molecule has 150 valence electrons. The van der Waals surface area contributed by atoms with Gasteiger partial charge in [-0.1, -0.05) is 12.1 Å². The van der Waals surface area contributed by atoms with Crippen LogP contribution in [0.3, 0.4) is 0 Å². The second-order valence-corrected chi connectivity index (χ2v) is 8.22. The highest BCUT2D eigenvalue weighted by molar-refractivity contribution is 7.80. The second kappa shape index (κ2) is 7.64. The normalized spacial score (nSPS) is 18.9. The lowest BCUT2D eigenvalue weighted by Crippen LogP contribution is -2.29. The number of nitrogens with zero attached hydrogens (tertiary/aromatic N) is 3. The molecule has 4 rings (SSSR count). The Hall–Kier alpha value is -2.66. The zero-order chi connectivity index (χ0) is 20.7. The quantitative estimate of drug-likeness (QED) is 0.597. The van der Waals surface area contributed by atoms with Crippen LogP contribution < -0.4 is 10.2 Å². The molecule has 0 radical (unpaired) electrons. The van der Waals surface area contributed by atoms with Crippen LogP contribution in [0, 0.1) is 27.7 Å². The number of pyridine rings is 1. The zero-order valence-electron chi connectivity index (χ0n) is 17.7. The first-order chi connectivity index (χ1) is 13.9. The first kappa shape index (κ1) is 19.6. The second-order valence-electron chi connectivity index (χ2n) is 7.84. The number of aromatic nitrogens is 2. The Morgan fingerprint density at radius 3 is 2.45 bits per heavy atom. The van der Waals surface area contributed by atoms with Crippen LogP contribution >= 0.6 is 12.2 Å². The Morgan fingerprint density at radius 2 is 1.83 bits per heavy atom. The summed E-state index contributed by atoms with van der Waals surface area (Å²) < 4.78 is 2.37. The number of nitrogens with one attached hydrogen (secondary N) is 1. The van der Waals surface area contributed by atoms with E-state index in [1.165, 1.54) is 28.1 Å². The molecular formula is C24H28N4S. The molecule has 1 aromatic carbocycles. The molecule has 3 aromatic rings. The summed E-state index contributed by atoms with van der Waals surface area (Å²) in [6.45, 7) is 11.8. The van der Waals surface area contributed by atoms with Crippen molar-refractivity contribution in [2.24, 2.45) is 0 Å². The first-order valence-corrected chi connectivity index (χ1v) is 10.6. The van der Waals surface area contributed by atoms with Gasteiger partial charge in [-0.2, -0.15) is 0 Å². The molecule has 1 aliphatic rings. The number of thiocarbonyl (C=S) groups is 1. The van der Waals surface area contributed by atoms with Crippen LogP contribution in [0.4, 0.5) is 5.69 Å². The predicted octanol–water partition coefficient (Wildman–Crippen LogP) is 5.31. The molecule has 3 heterocycles. The maximum absolute atomic E-state index is 5.84. The van der Waals surface area contributed by atoms with Gasteiger partial charge in [-0.05, 0) is 93.9 Å². The van der Waals surface area contributed by atoms with E-state index < -0.39 is 0 Å². The number of rotatable bonds is 4. The lowest BCUT2D eigenvalue weighted by molar-refractivity contribution is 0.563. The molecule has 1 saturated heterocycles. The SMILES string of the molecule is CCn1c(C)cc([C@@H]2[C@@H](c3ccccn3)NC(=S)N2c2ccc(C)c(C)c2)c1C. The first-order valence-electron chi connectivity index (χ1n) is 10.2. The van der Waals surface area contributed by atoms with Gasteiger partial charge in [0.2, 0.25) is 0 Å². The van der Waals surface area contributed by atoms with Gasteiger partial charge in [0, 0.05) is 29.8 Å². The number of hydrogen-bond donors (Lipinski definition) is 1. The molecule has 4 nitrogen and oxygen atoms in total. The highest BCUT2D eigenvalue weighted by Crippen LogP contribution is 2.43. The third kappa shape index (κ3) is 3.33. The van der Waals surface area contributed by atoms with Gasteiger partial charge in [0.1, 0.15) is 0 Å². The van der Waals surface area contributed by atoms with Crippen molar-refractivity contribution in [3.8, 4) is 0 Å². The third-order valence-electron chi connectivity index (χ3n) is 6.11. The molecule has 2 aromatic heterocycles. The van der Waals surface area contributed by atoms with Crippen LogP contribution in [0.5, 0.6) is 0 Å². The van der Waals surface area contributed by atoms with E-state index in [4.69, 9.17) is 12.2 Å². The Labute approximate surface area is 178 Å². The molecule has 1 N–H and O–H groups in total. The standard InChI is InChI=1S/C24H28N4S/c1-6-27-17(4)14-20(18(27)5)23-22(21-9-7-8-12-25-21)26-24(29)28(23)19-11-10-15(2)16(3)13-19/h7-14,22-23H,6H2,1-5H3,(H,26,29)/t22-,23-/m1/s1. The number of anilines is 1. The number of aryl methyl sites for hydroxylation is 3.